The minimum absolute atomic E-state index is 0.666. The Morgan fingerprint density at radius 3 is 1.53 bits per heavy atom. The Morgan fingerprint density at radius 2 is 1.18 bits per heavy atom. The second kappa shape index (κ2) is 9.94. The maximum Gasteiger partial charge on any atom is 0.0841 e. The van der Waals surface area contributed by atoms with Gasteiger partial charge in [0.1, 0.15) is 0 Å². The Morgan fingerprint density at radius 1 is 0.824 bits per heavy atom. The van der Waals surface area contributed by atoms with Gasteiger partial charge < -0.3 is 4.74 Å². The van der Waals surface area contributed by atoms with Crippen molar-refractivity contribution in [2.45, 2.75) is 96.2 Å². The lowest BCUT2D eigenvalue weighted by Gasteiger charge is -2.03. The van der Waals surface area contributed by atoms with Crippen molar-refractivity contribution in [1.29, 1.82) is 0 Å². The molecule has 1 aliphatic heterocycles. The number of rotatable bonds is 1. The lowest BCUT2D eigenvalue weighted by molar-refractivity contribution is 0.349. The zero-order valence-electron chi connectivity index (χ0n) is 11.8. The van der Waals surface area contributed by atoms with Crippen molar-refractivity contribution in [3.05, 3.63) is 6.92 Å². The van der Waals surface area contributed by atoms with Crippen LogP contribution in [0.5, 0.6) is 0 Å². The first kappa shape index (κ1) is 15.0. The zero-order valence-corrected chi connectivity index (χ0v) is 11.8. The van der Waals surface area contributed by atoms with Crippen LogP contribution in [0.4, 0.5) is 0 Å². The zero-order chi connectivity index (χ0) is 12.3. The normalized spacial score (nSPS) is 30.0. The summed E-state index contributed by atoms with van der Waals surface area (Å²) in [6.07, 6.45) is 17.8. The van der Waals surface area contributed by atoms with Crippen LogP contribution in [0.25, 0.3) is 0 Å². The highest BCUT2D eigenvalue weighted by Gasteiger charge is 2.36. The molecule has 1 heteroatoms. The van der Waals surface area contributed by atoms with Gasteiger partial charge in [-0.05, 0) is 12.8 Å². The van der Waals surface area contributed by atoms with Crippen LogP contribution in [0.1, 0.15) is 84.0 Å². The molecule has 2 aliphatic rings. The van der Waals surface area contributed by atoms with E-state index in [1.54, 1.807) is 0 Å². The van der Waals surface area contributed by atoms with Crippen LogP contribution in [0, 0.1) is 6.92 Å². The fraction of sp³-hybridized carbons (Fsp3) is 0.938. The Labute approximate surface area is 108 Å². The molecule has 1 radical (unpaired) electrons. The smallest absolute Gasteiger partial charge is 0.0841 e. The number of epoxide rings is 1. The minimum Gasteiger partial charge on any atom is -0.370 e. The average molecular weight is 239 g/mol. The maximum atomic E-state index is 5.63. The van der Waals surface area contributed by atoms with Gasteiger partial charge in [0.05, 0.1) is 12.2 Å². The summed E-state index contributed by atoms with van der Waals surface area (Å²) >= 11 is 0. The molecule has 2 fully saturated rings. The van der Waals surface area contributed by atoms with Gasteiger partial charge in [0, 0.05) is 0 Å². The van der Waals surface area contributed by atoms with Gasteiger partial charge >= 0.3 is 0 Å². The van der Waals surface area contributed by atoms with Crippen LogP contribution in [0.2, 0.25) is 0 Å². The van der Waals surface area contributed by atoms with Crippen molar-refractivity contribution < 1.29 is 4.74 Å². The predicted octanol–water partition coefficient (Wildman–Crippen LogP) is 5.29. The van der Waals surface area contributed by atoms with Crippen molar-refractivity contribution in [1.82, 2.24) is 0 Å². The molecule has 2 atom stereocenters. The van der Waals surface area contributed by atoms with E-state index in [2.05, 4.69) is 13.8 Å². The van der Waals surface area contributed by atoms with E-state index in [1.807, 2.05) is 0 Å². The first-order valence-electron chi connectivity index (χ1n) is 7.83. The Bertz CT molecular complexity index is 149. The Kier molecular flexibility index (Phi) is 8.78. The van der Waals surface area contributed by atoms with Crippen molar-refractivity contribution in [2.24, 2.45) is 0 Å². The molecule has 1 saturated carbocycles. The van der Waals surface area contributed by atoms with E-state index in [4.69, 9.17) is 4.74 Å². The summed E-state index contributed by atoms with van der Waals surface area (Å²) in [5.41, 5.74) is 0. The van der Waals surface area contributed by atoms with E-state index in [0.717, 1.165) is 6.42 Å². The summed E-state index contributed by atoms with van der Waals surface area (Å²) in [5, 5.41) is 0. The largest absolute Gasteiger partial charge is 0.370 e. The molecule has 2 rings (SSSR count). The molecule has 0 spiro atoms. The average Bonchev–Trinajstić information content (AvgIpc) is 3.08. The molecule has 0 amide bonds. The molecule has 101 valence electrons. The fourth-order valence-corrected chi connectivity index (χ4v) is 2.44. The third-order valence-electron chi connectivity index (χ3n) is 3.77. The molecule has 1 heterocycles. The van der Waals surface area contributed by atoms with Crippen LogP contribution in [0.15, 0.2) is 0 Å². The van der Waals surface area contributed by atoms with Gasteiger partial charge in [-0.25, -0.2) is 0 Å². The van der Waals surface area contributed by atoms with E-state index < -0.39 is 0 Å². The van der Waals surface area contributed by atoms with E-state index in [1.165, 1.54) is 70.6 Å². The first-order chi connectivity index (χ1) is 8.38. The number of hydrogen-bond donors (Lipinski definition) is 0. The molecule has 1 aliphatic carbocycles. The third-order valence-corrected chi connectivity index (χ3v) is 3.77. The van der Waals surface area contributed by atoms with E-state index in [9.17, 15) is 0 Å². The van der Waals surface area contributed by atoms with E-state index in [0.29, 0.717) is 12.2 Å². The van der Waals surface area contributed by atoms with Gasteiger partial charge in [-0.2, -0.15) is 0 Å². The van der Waals surface area contributed by atoms with E-state index in [-0.39, 0.29) is 0 Å². The quantitative estimate of drug-likeness (QED) is 0.566. The Balaban J connectivity index is 0.000000317. The molecule has 0 aromatic rings. The molecule has 0 N–H and O–H groups in total. The van der Waals surface area contributed by atoms with Crippen molar-refractivity contribution in [3.8, 4) is 0 Å². The van der Waals surface area contributed by atoms with Crippen LogP contribution in [-0.2, 0) is 4.74 Å². The highest BCUT2D eigenvalue weighted by Crippen LogP contribution is 2.32. The lowest BCUT2D eigenvalue weighted by atomic mass is 10.0. The summed E-state index contributed by atoms with van der Waals surface area (Å²) < 4.78 is 5.63. The van der Waals surface area contributed by atoms with Gasteiger partial charge in [0.25, 0.3) is 0 Å². The van der Waals surface area contributed by atoms with Gasteiger partial charge in [0.15, 0.2) is 0 Å². The monoisotopic (exact) mass is 239 g/mol. The maximum absolute atomic E-state index is 5.63. The number of ether oxygens (including phenoxy) is 1. The second-order valence-corrected chi connectivity index (χ2v) is 5.47. The summed E-state index contributed by atoms with van der Waals surface area (Å²) in [4.78, 5) is 0. The third kappa shape index (κ3) is 7.81. The van der Waals surface area contributed by atoms with Crippen LogP contribution in [-0.4, -0.2) is 12.2 Å². The minimum atomic E-state index is 0.666. The molecule has 17 heavy (non-hydrogen) atoms. The van der Waals surface area contributed by atoms with Crippen molar-refractivity contribution >= 4 is 0 Å². The van der Waals surface area contributed by atoms with Crippen LogP contribution >= 0.6 is 0 Å². The topological polar surface area (TPSA) is 12.5 Å². The van der Waals surface area contributed by atoms with Gasteiger partial charge in [-0.1, -0.05) is 78.1 Å². The Hall–Kier alpha value is -0.0400. The molecule has 0 aromatic heterocycles. The van der Waals surface area contributed by atoms with Crippen LogP contribution < -0.4 is 0 Å². The highest BCUT2D eigenvalue weighted by molar-refractivity contribution is 4.84. The molecule has 0 aromatic carbocycles. The summed E-state index contributed by atoms with van der Waals surface area (Å²) in [6.45, 7) is 5.72. The summed E-state index contributed by atoms with van der Waals surface area (Å²) in [7, 11) is 0. The number of fused-ring (bicyclic) bond motifs is 1. The van der Waals surface area contributed by atoms with Crippen molar-refractivity contribution in [2.75, 3.05) is 0 Å². The SMILES string of the molecule is C1CCCCCC2OC2CCCC1.[CH2]CCC. The predicted molar refractivity (Wildman–Crippen MR) is 75.1 cm³/mol. The lowest BCUT2D eigenvalue weighted by Crippen LogP contribution is -1.95. The molecule has 1 saturated heterocycles. The standard InChI is InChI=1S/C12H22O.C4H9/c1-2-4-6-8-10-12-11(13-12)9-7-5-3-1;1-3-4-2/h11-12H,1-10H2;1,3-4H2,2H3. The summed E-state index contributed by atoms with van der Waals surface area (Å²) in [6, 6.07) is 0. The number of hydrogen-bond acceptors (Lipinski definition) is 1. The second-order valence-electron chi connectivity index (χ2n) is 5.47. The van der Waals surface area contributed by atoms with Gasteiger partial charge in [0.2, 0.25) is 0 Å². The van der Waals surface area contributed by atoms with Crippen molar-refractivity contribution in [3.63, 3.8) is 0 Å². The van der Waals surface area contributed by atoms with Gasteiger partial charge in [-0.3, -0.25) is 0 Å². The molecule has 2 unspecified atom stereocenters. The molecule has 0 bridgehead atoms. The summed E-state index contributed by atoms with van der Waals surface area (Å²) in [5.74, 6) is 0. The van der Waals surface area contributed by atoms with E-state index >= 15 is 0 Å². The highest BCUT2D eigenvalue weighted by atomic mass is 16.6. The fourth-order valence-electron chi connectivity index (χ4n) is 2.44. The molecule has 1 nitrogen and oxygen atoms in total. The van der Waals surface area contributed by atoms with Crippen LogP contribution in [0.3, 0.4) is 0 Å². The first-order valence-corrected chi connectivity index (χ1v) is 7.83. The molecular weight excluding hydrogens is 208 g/mol. The molecular formula is C16H31O. The number of unbranched alkanes of at least 4 members (excludes halogenated alkanes) is 1. The van der Waals surface area contributed by atoms with Gasteiger partial charge in [-0.15, -0.1) is 0 Å².